The van der Waals surface area contributed by atoms with E-state index in [0.717, 1.165) is 22.4 Å². The van der Waals surface area contributed by atoms with E-state index in [4.69, 9.17) is 11.6 Å². The van der Waals surface area contributed by atoms with Crippen LogP contribution in [0.1, 0.15) is 32.7 Å². The molecule has 0 unspecified atom stereocenters. The molecular formula is C19H18ClN5O2. The van der Waals surface area contributed by atoms with Gasteiger partial charge in [0.05, 0.1) is 24.8 Å². The van der Waals surface area contributed by atoms with Crippen molar-refractivity contribution in [3.05, 3.63) is 80.2 Å². The van der Waals surface area contributed by atoms with E-state index < -0.39 is 0 Å². The topological polar surface area (TPSA) is 73.0 Å². The number of rotatable bonds is 3. The number of hydrogen-bond donors (Lipinski definition) is 0. The number of carbonyl (C=O) groups excluding carboxylic acids is 1. The number of carbonyl (C=O) groups is 1. The van der Waals surface area contributed by atoms with Gasteiger partial charge in [0.25, 0.3) is 11.5 Å². The average Bonchev–Trinajstić information content (AvgIpc) is 3.32. The van der Waals surface area contributed by atoms with Crippen LogP contribution in [0.5, 0.6) is 0 Å². The third kappa shape index (κ3) is 3.04. The quantitative estimate of drug-likeness (QED) is 0.694. The van der Waals surface area contributed by atoms with E-state index in [1.807, 2.05) is 19.1 Å². The number of pyridine rings is 2. The Morgan fingerprint density at radius 2 is 2.00 bits per heavy atom. The lowest BCUT2D eigenvalue weighted by molar-refractivity contribution is 0.0749. The molecule has 0 fully saturated rings. The molecule has 0 atom stereocenters. The van der Waals surface area contributed by atoms with Gasteiger partial charge in [0.15, 0.2) is 0 Å². The number of amides is 1. The van der Waals surface area contributed by atoms with Crippen LogP contribution in [0.4, 0.5) is 0 Å². The van der Waals surface area contributed by atoms with Gasteiger partial charge in [-0.3, -0.25) is 19.3 Å². The molecule has 7 nitrogen and oxygen atoms in total. The molecule has 3 aromatic heterocycles. The van der Waals surface area contributed by atoms with Crippen molar-refractivity contribution >= 4 is 17.5 Å². The van der Waals surface area contributed by atoms with Gasteiger partial charge < -0.3 is 9.47 Å². The third-order valence-corrected chi connectivity index (χ3v) is 5.42. The fraction of sp³-hybridized carbons (Fsp3) is 0.263. The zero-order chi connectivity index (χ0) is 19.1. The second kappa shape index (κ2) is 6.66. The summed E-state index contributed by atoms with van der Waals surface area (Å²) in [5.41, 5.74) is 3.87. The van der Waals surface area contributed by atoms with Crippen molar-refractivity contribution in [1.82, 2.24) is 24.2 Å². The van der Waals surface area contributed by atoms with E-state index >= 15 is 0 Å². The first-order valence-corrected chi connectivity index (χ1v) is 8.91. The Bertz CT molecular complexity index is 1090. The number of hydrogen-bond acceptors (Lipinski definition) is 4. The highest BCUT2D eigenvalue weighted by Gasteiger charge is 2.29. The first-order valence-electron chi connectivity index (χ1n) is 8.53. The van der Waals surface area contributed by atoms with Crippen LogP contribution in [-0.4, -0.2) is 30.1 Å². The summed E-state index contributed by atoms with van der Waals surface area (Å²) in [7, 11) is 1.69. The number of fused-ring (bicyclic) bond motifs is 1. The second-order valence-electron chi connectivity index (χ2n) is 6.67. The zero-order valence-corrected chi connectivity index (χ0v) is 15.8. The maximum Gasteiger partial charge on any atom is 0.269 e. The molecule has 3 aromatic rings. The van der Waals surface area contributed by atoms with Gasteiger partial charge in [-0.05, 0) is 35.7 Å². The molecule has 0 aliphatic carbocycles. The molecule has 27 heavy (non-hydrogen) atoms. The zero-order valence-electron chi connectivity index (χ0n) is 15.0. The van der Waals surface area contributed by atoms with Gasteiger partial charge in [0.2, 0.25) is 0 Å². The molecule has 4 heterocycles. The highest BCUT2D eigenvalue weighted by Crippen LogP contribution is 2.28. The van der Waals surface area contributed by atoms with Crippen LogP contribution < -0.4 is 5.56 Å². The predicted octanol–water partition coefficient (Wildman–Crippen LogP) is 2.14. The summed E-state index contributed by atoms with van der Waals surface area (Å²) >= 11 is 6.14. The molecule has 0 saturated carbocycles. The van der Waals surface area contributed by atoms with Crippen LogP contribution in [0.25, 0.3) is 0 Å². The molecule has 0 aromatic carbocycles. The third-order valence-electron chi connectivity index (χ3n) is 4.98. The van der Waals surface area contributed by atoms with E-state index in [1.165, 1.54) is 4.57 Å². The molecule has 0 saturated heterocycles. The summed E-state index contributed by atoms with van der Waals surface area (Å²) in [4.78, 5) is 30.8. The largest absolute Gasteiger partial charge is 0.328 e. The number of aromatic nitrogens is 4. The number of nitrogens with zero attached hydrogens (tertiary/aromatic N) is 5. The lowest BCUT2D eigenvalue weighted by Gasteiger charge is -2.14. The monoisotopic (exact) mass is 383 g/mol. The number of halogens is 1. The molecule has 0 spiro atoms. The second-order valence-corrected chi connectivity index (χ2v) is 7.05. The van der Waals surface area contributed by atoms with Gasteiger partial charge in [-0.15, -0.1) is 0 Å². The summed E-state index contributed by atoms with van der Waals surface area (Å²) in [6.07, 6.45) is 6.77. The normalized spacial score (nSPS) is 13.1. The molecule has 1 aliphatic rings. The van der Waals surface area contributed by atoms with Crippen LogP contribution in [0, 0.1) is 6.92 Å². The average molecular weight is 384 g/mol. The van der Waals surface area contributed by atoms with Gasteiger partial charge in [-0.2, -0.15) is 5.10 Å². The predicted molar refractivity (Wildman–Crippen MR) is 101 cm³/mol. The van der Waals surface area contributed by atoms with Gasteiger partial charge >= 0.3 is 0 Å². The Morgan fingerprint density at radius 1 is 1.26 bits per heavy atom. The van der Waals surface area contributed by atoms with Gasteiger partial charge in [0.1, 0.15) is 5.02 Å². The smallest absolute Gasteiger partial charge is 0.269 e. The SMILES string of the molecule is Cc1c2c(n(C)c(=O)c1Cl)CN(C(=O)c1cnn(Cc3ccncc3)c1)C2. The molecule has 138 valence electrons. The minimum Gasteiger partial charge on any atom is -0.328 e. The summed E-state index contributed by atoms with van der Waals surface area (Å²) in [5, 5.41) is 4.51. The molecule has 4 rings (SSSR count). The lowest BCUT2D eigenvalue weighted by atomic mass is 10.1. The molecule has 1 aliphatic heterocycles. The maximum absolute atomic E-state index is 12.9. The summed E-state index contributed by atoms with van der Waals surface area (Å²) < 4.78 is 3.26. The van der Waals surface area contributed by atoms with Crippen LogP contribution in [-0.2, 0) is 26.7 Å². The van der Waals surface area contributed by atoms with Crippen molar-refractivity contribution in [3.63, 3.8) is 0 Å². The van der Waals surface area contributed by atoms with Crippen LogP contribution >= 0.6 is 11.6 Å². The molecule has 0 radical (unpaired) electrons. The lowest BCUT2D eigenvalue weighted by Crippen LogP contribution is -2.26. The molecule has 1 amide bonds. The Morgan fingerprint density at radius 3 is 2.74 bits per heavy atom. The molecular weight excluding hydrogens is 366 g/mol. The van der Waals surface area contributed by atoms with Crippen molar-refractivity contribution < 1.29 is 4.79 Å². The standard InChI is InChI=1S/C19H18ClN5O2/c1-12-15-10-24(11-16(15)23(2)19(27)17(12)20)18(26)14-7-22-25(9-14)8-13-3-5-21-6-4-13/h3-7,9H,8,10-11H2,1-2H3. The van der Waals surface area contributed by atoms with Crippen LogP contribution in [0.2, 0.25) is 5.02 Å². The molecule has 0 N–H and O–H groups in total. The fourth-order valence-electron chi connectivity index (χ4n) is 3.38. The van der Waals surface area contributed by atoms with E-state index in [9.17, 15) is 9.59 Å². The highest BCUT2D eigenvalue weighted by molar-refractivity contribution is 6.31. The summed E-state index contributed by atoms with van der Waals surface area (Å²) in [5.74, 6) is -0.116. The molecule has 8 heteroatoms. The van der Waals surface area contributed by atoms with E-state index in [0.29, 0.717) is 25.2 Å². The van der Waals surface area contributed by atoms with Gasteiger partial charge in [-0.25, -0.2) is 0 Å². The Balaban J connectivity index is 1.56. The minimum atomic E-state index is -0.229. The van der Waals surface area contributed by atoms with Crippen molar-refractivity contribution in [2.75, 3.05) is 0 Å². The van der Waals surface area contributed by atoms with Gasteiger partial charge in [0, 0.05) is 37.9 Å². The van der Waals surface area contributed by atoms with Crippen molar-refractivity contribution in [3.8, 4) is 0 Å². The Hall–Kier alpha value is -2.93. The summed E-state index contributed by atoms with van der Waals surface area (Å²) in [6, 6.07) is 3.82. The van der Waals surface area contributed by atoms with Gasteiger partial charge in [-0.1, -0.05) is 11.6 Å². The molecule has 0 bridgehead atoms. The van der Waals surface area contributed by atoms with Crippen molar-refractivity contribution in [1.29, 1.82) is 0 Å². The van der Waals surface area contributed by atoms with Crippen LogP contribution in [0.3, 0.4) is 0 Å². The van der Waals surface area contributed by atoms with E-state index in [1.54, 1.807) is 41.4 Å². The van der Waals surface area contributed by atoms with Crippen molar-refractivity contribution in [2.24, 2.45) is 7.05 Å². The van der Waals surface area contributed by atoms with E-state index in [-0.39, 0.29) is 16.5 Å². The van der Waals surface area contributed by atoms with Crippen molar-refractivity contribution in [2.45, 2.75) is 26.6 Å². The summed E-state index contributed by atoms with van der Waals surface area (Å²) in [6.45, 7) is 3.21. The van der Waals surface area contributed by atoms with Crippen LogP contribution in [0.15, 0.2) is 41.7 Å². The highest BCUT2D eigenvalue weighted by atomic mass is 35.5. The first-order chi connectivity index (χ1) is 13.0. The Labute approximate surface area is 160 Å². The Kier molecular flexibility index (Phi) is 4.31. The van der Waals surface area contributed by atoms with E-state index in [2.05, 4.69) is 10.1 Å². The maximum atomic E-state index is 12.9. The minimum absolute atomic E-state index is 0.116. The first kappa shape index (κ1) is 17.5. The fourth-order valence-corrected chi connectivity index (χ4v) is 3.62.